The van der Waals surface area contributed by atoms with Gasteiger partial charge in [0, 0.05) is 32.2 Å². The molecule has 1 aliphatic heterocycles. The summed E-state index contributed by atoms with van der Waals surface area (Å²) in [7, 11) is 0. The summed E-state index contributed by atoms with van der Waals surface area (Å²) < 4.78 is 0. The Hall–Kier alpha value is -0.160. The van der Waals surface area contributed by atoms with E-state index in [1.54, 1.807) is 0 Å². The molecule has 0 aromatic carbocycles. The zero-order valence-electron chi connectivity index (χ0n) is 7.53. The predicted molar refractivity (Wildman–Crippen MR) is 47.0 cm³/mol. The maximum Gasteiger partial charge on any atom is 0.0897 e. The number of aliphatic hydroxyl groups is 2. The first-order valence-corrected chi connectivity index (χ1v) is 4.47. The summed E-state index contributed by atoms with van der Waals surface area (Å²) in [6.45, 7) is 5.46. The molecular formula is C8H18N2O2. The molecule has 0 spiro atoms. The zero-order valence-corrected chi connectivity index (χ0v) is 7.53. The average Bonchev–Trinajstić information content (AvgIpc) is 2.09. The molecule has 1 aliphatic rings. The lowest BCUT2D eigenvalue weighted by Gasteiger charge is -2.34. The Morgan fingerprint density at radius 2 is 2.42 bits per heavy atom. The molecule has 1 heterocycles. The minimum absolute atomic E-state index is 0.142. The van der Waals surface area contributed by atoms with Crippen LogP contribution in [0.1, 0.15) is 6.92 Å². The Bertz CT molecular complexity index is 132. The van der Waals surface area contributed by atoms with E-state index in [0.717, 1.165) is 19.6 Å². The number of hydrogen-bond donors (Lipinski definition) is 3. The Morgan fingerprint density at radius 1 is 1.67 bits per heavy atom. The SMILES string of the molecule is CC1CNCCN1CC(O)CO. The van der Waals surface area contributed by atoms with Crippen molar-refractivity contribution in [2.45, 2.75) is 19.1 Å². The highest BCUT2D eigenvalue weighted by Gasteiger charge is 2.19. The Balaban J connectivity index is 2.28. The van der Waals surface area contributed by atoms with Gasteiger partial charge in [-0.2, -0.15) is 0 Å². The zero-order chi connectivity index (χ0) is 8.97. The summed E-state index contributed by atoms with van der Waals surface area (Å²) in [5.74, 6) is 0. The third-order valence-electron chi connectivity index (χ3n) is 2.29. The van der Waals surface area contributed by atoms with Gasteiger partial charge in [-0.05, 0) is 6.92 Å². The summed E-state index contributed by atoms with van der Waals surface area (Å²) in [6.07, 6.45) is -0.592. The van der Waals surface area contributed by atoms with Crippen molar-refractivity contribution in [3.8, 4) is 0 Å². The molecule has 4 heteroatoms. The second kappa shape index (κ2) is 4.77. The van der Waals surface area contributed by atoms with Crippen molar-refractivity contribution in [2.24, 2.45) is 0 Å². The van der Waals surface area contributed by atoms with Crippen molar-refractivity contribution in [3.63, 3.8) is 0 Å². The van der Waals surface area contributed by atoms with Crippen molar-refractivity contribution >= 4 is 0 Å². The van der Waals surface area contributed by atoms with Gasteiger partial charge in [-0.15, -0.1) is 0 Å². The molecule has 3 N–H and O–H groups in total. The largest absolute Gasteiger partial charge is 0.394 e. The second-order valence-corrected chi connectivity index (χ2v) is 3.38. The molecule has 0 amide bonds. The first-order chi connectivity index (χ1) is 5.74. The molecule has 0 aromatic heterocycles. The summed E-state index contributed by atoms with van der Waals surface area (Å²) in [5.41, 5.74) is 0. The van der Waals surface area contributed by atoms with Gasteiger partial charge >= 0.3 is 0 Å². The van der Waals surface area contributed by atoms with Gasteiger partial charge in [-0.3, -0.25) is 4.90 Å². The lowest BCUT2D eigenvalue weighted by molar-refractivity contribution is 0.0406. The van der Waals surface area contributed by atoms with Crippen molar-refractivity contribution in [1.29, 1.82) is 0 Å². The highest BCUT2D eigenvalue weighted by Crippen LogP contribution is 2.02. The van der Waals surface area contributed by atoms with E-state index in [0.29, 0.717) is 12.6 Å². The molecule has 4 nitrogen and oxygen atoms in total. The van der Waals surface area contributed by atoms with Crippen molar-refractivity contribution in [3.05, 3.63) is 0 Å². The fourth-order valence-corrected chi connectivity index (χ4v) is 1.48. The van der Waals surface area contributed by atoms with E-state index in [1.807, 2.05) is 0 Å². The van der Waals surface area contributed by atoms with Gasteiger partial charge in [0.05, 0.1) is 12.7 Å². The number of aliphatic hydroxyl groups excluding tert-OH is 2. The molecule has 0 radical (unpaired) electrons. The average molecular weight is 174 g/mol. The minimum atomic E-state index is -0.592. The summed E-state index contributed by atoms with van der Waals surface area (Å²) in [5, 5.41) is 21.1. The summed E-state index contributed by atoms with van der Waals surface area (Å²) in [4.78, 5) is 2.19. The number of nitrogens with zero attached hydrogens (tertiary/aromatic N) is 1. The topological polar surface area (TPSA) is 55.7 Å². The Morgan fingerprint density at radius 3 is 3.00 bits per heavy atom. The van der Waals surface area contributed by atoms with Gasteiger partial charge in [0.1, 0.15) is 0 Å². The van der Waals surface area contributed by atoms with Crippen LogP contribution in [0.5, 0.6) is 0 Å². The Kier molecular flexibility index (Phi) is 3.94. The number of hydrogen-bond acceptors (Lipinski definition) is 4. The van der Waals surface area contributed by atoms with Crippen LogP contribution in [-0.4, -0.2) is 60.0 Å². The van der Waals surface area contributed by atoms with Crippen LogP contribution in [0.25, 0.3) is 0 Å². The maximum absolute atomic E-state index is 9.22. The molecule has 2 unspecified atom stereocenters. The van der Waals surface area contributed by atoms with E-state index in [4.69, 9.17) is 5.11 Å². The van der Waals surface area contributed by atoms with E-state index in [1.165, 1.54) is 0 Å². The first-order valence-electron chi connectivity index (χ1n) is 4.47. The lowest BCUT2D eigenvalue weighted by Crippen LogP contribution is -2.52. The lowest BCUT2D eigenvalue weighted by atomic mass is 10.2. The molecule has 1 rings (SSSR count). The third-order valence-corrected chi connectivity index (χ3v) is 2.29. The van der Waals surface area contributed by atoms with E-state index >= 15 is 0 Å². The second-order valence-electron chi connectivity index (χ2n) is 3.38. The molecule has 2 atom stereocenters. The normalized spacial score (nSPS) is 28.8. The standard InChI is InChI=1S/C8H18N2O2/c1-7-4-9-2-3-10(7)5-8(12)6-11/h7-9,11-12H,2-6H2,1H3. The van der Waals surface area contributed by atoms with Gasteiger partial charge in [-0.25, -0.2) is 0 Å². The quantitative estimate of drug-likeness (QED) is 0.494. The predicted octanol–water partition coefficient (Wildman–Crippen LogP) is -1.37. The molecule has 0 aliphatic carbocycles. The highest BCUT2D eigenvalue weighted by molar-refractivity contribution is 4.77. The summed E-state index contributed by atoms with van der Waals surface area (Å²) in [6, 6.07) is 0.458. The van der Waals surface area contributed by atoms with E-state index in [2.05, 4.69) is 17.1 Å². The van der Waals surface area contributed by atoms with Gasteiger partial charge < -0.3 is 15.5 Å². The highest BCUT2D eigenvalue weighted by atomic mass is 16.3. The van der Waals surface area contributed by atoms with Crippen LogP contribution >= 0.6 is 0 Å². The molecule has 12 heavy (non-hydrogen) atoms. The maximum atomic E-state index is 9.22. The fourth-order valence-electron chi connectivity index (χ4n) is 1.48. The van der Waals surface area contributed by atoms with Crippen LogP contribution in [0.2, 0.25) is 0 Å². The van der Waals surface area contributed by atoms with Gasteiger partial charge in [0.25, 0.3) is 0 Å². The number of rotatable bonds is 3. The molecule has 0 bridgehead atoms. The number of β-amino-alcohol motifs (C(OH)–C–C–N with tert-alkyl or cyclic N) is 1. The molecular weight excluding hydrogens is 156 g/mol. The monoisotopic (exact) mass is 174 g/mol. The minimum Gasteiger partial charge on any atom is -0.394 e. The van der Waals surface area contributed by atoms with Crippen LogP contribution in [0.4, 0.5) is 0 Å². The van der Waals surface area contributed by atoms with Crippen molar-refractivity contribution in [2.75, 3.05) is 32.8 Å². The first kappa shape index (κ1) is 9.92. The third kappa shape index (κ3) is 2.71. The van der Waals surface area contributed by atoms with Crippen LogP contribution in [0.15, 0.2) is 0 Å². The van der Waals surface area contributed by atoms with Gasteiger partial charge in [0.2, 0.25) is 0 Å². The molecule has 72 valence electrons. The van der Waals surface area contributed by atoms with E-state index in [-0.39, 0.29) is 6.61 Å². The molecule has 0 saturated carbocycles. The fraction of sp³-hybridized carbons (Fsp3) is 1.00. The number of nitrogens with one attached hydrogen (secondary N) is 1. The van der Waals surface area contributed by atoms with E-state index in [9.17, 15) is 5.11 Å². The number of piperazine rings is 1. The van der Waals surface area contributed by atoms with Gasteiger partial charge in [0.15, 0.2) is 0 Å². The van der Waals surface area contributed by atoms with Gasteiger partial charge in [-0.1, -0.05) is 0 Å². The molecule has 1 fully saturated rings. The van der Waals surface area contributed by atoms with Crippen LogP contribution in [0, 0.1) is 0 Å². The molecule has 1 saturated heterocycles. The van der Waals surface area contributed by atoms with Crippen LogP contribution < -0.4 is 5.32 Å². The smallest absolute Gasteiger partial charge is 0.0897 e. The summed E-state index contributed by atoms with van der Waals surface area (Å²) >= 11 is 0. The van der Waals surface area contributed by atoms with Crippen LogP contribution in [-0.2, 0) is 0 Å². The molecule has 0 aromatic rings. The van der Waals surface area contributed by atoms with Crippen molar-refractivity contribution < 1.29 is 10.2 Å². The van der Waals surface area contributed by atoms with E-state index < -0.39 is 6.10 Å². The Labute approximate surface area is 73.2 Å². The van der Waals surface area contributed by atoms with Crippen LogP contribution in [0.3, 0.4) is 0 Å². The van der Waals surface area contributed by atoms with Crippen molar-refractivity contribution in [1.82, 2.24) is 10.2 Å².